The smallest absolute Gasteiger partial charge is 0.297 e. The zero-order valence-electron chi connectivity index (χ0n) is 10.3. The van der Waals surface area contributed by atoms with E-state index >= 15 is 0 Å². The molecule has 0 aromatic carbocycles. The van der Waals surface area contributed by atoms with Gasteiger partial charge in [0, 0.05) is 13.0 Å². The molecule has 1 aromatic rings. The van der Waals surface area contributed by atoms with Gasteiger partial charge in [-0.25, -0.2) is 4.98 Å². The molecule has 0 N–H and O–H groups in total. The summed E-state index contributed by atoms with van der Waals surface area (Å²) in [6, 6.07) is 0. The van der Waals surface area contributed by atoms with Gasteiger partial charge in [-0.2, -0.15) is 13.2 Å². The van der Waals surface area contributed by atoms with E-state index in [1.54, 1.807) is 6.20 Å². The predicted octanol–water partition coefficient (Wildman–Crippen LogP) is 3.29. The number of hydrogen-bond donors (Lipinski definition) is 0. The van der Waals surface area contributed by atoms with Crippen LogP contribution in [0.5, 0.6) is 0 Å². The zero-order valence-corrected chi connectivity index (χ0v) is 11.1. The third kappa shape index (κ3) is 4.95. The number of likely N-dealkylation sites (tertiary alicyclic amines) is 1. The summed E-state index contributed by atoms with van der Waals surface area (Å²) in [5, 5.41) is 0.340. The van der Waals surface area contributed by atoms with E-state index in [0.29, 0.717) is 37.6 Å². The third-order valence-electron chi connectivity index (χ3n) is 3.29. The van der Waals surface area contributed by atoms with Crippen LogP contribution in [-0.4, -0.2) is 34.1 Å². The molecule has 1 fully saturated rings. The molecule has 0 atom stereocenters. The second kappa shape index (κ2) is 6.05. The van der Waals surface area contributed by atoms with Crippen LogP contribution in [0, 0.1) is 5.92 Å². The molecule has 0 radical (unpaired) electrons. The van der Waals surface area contributed by atoms with E-state index in [9.17, 15) is 13.2 Å². The second-order valence-electron chi connectivity index (χ2n) is 4.87. The van der Waals surface area contributed by atoms with Gasteiger partial charge in [0.05, 0.1) is 18.1 Å². The van der Waals surface area contributed by atoms with Crippen LogP contribution in [0.3, 0.4) is 0 Å². The molecule has 19 heavy (non-hydrogen) atoms. The third-order valence-corrected chi connectivity index (χ3v) is 3.48. The molecule has 1 aliphatic rings. The van der Waals surface area contributed by atoms with Gasteiger partial charge in [0.1, 0.15) is 5.15 Å². The largest absolute Gasteiger partial charge is 0.389 e. The lowest BCUT2D eigenvalue weighted by Gasteiger charge is -2.31. The molecular formula is C12H15ClF3N3. The fourth-order valence-corrected chi connectivity index (χ4v) is 2.42. The van der Waals surface area contributed by atoms with Gasteiger partial charge in [-0.15, -0.1) is 0 Å². The van der Waals surface area contributed by atoms with Crippen LogP contribution in [0.2, 0.25) is 5.15 Å². The summed E-state index contributed by atoms with van der Waals surface area (Å²) in [6.45, 7) is 1.96. The van der Waals surface area contributed by atoms with E-state index in [2.05, 4.69) is 14.9 Å². The first-order valence-corrected chi connectivity index (χ1v) is 6.56. The van der Waals surface area contributed by atoms with Crippen molar-refractivity contribution in [3.8, 4) is 0 Å². The van der Waals surface area contributed by atoms with Gasteiger partial charge in [-0.05, 0) is 31.8 Å². The average Bonchev–Trinajstić information content (AvgIpc) is 2.33. The molecule has 0 bridgehead atoms. The molecule has 0 unspecified atom stereocenters. The van der Waals surface area contributed by atoms with Crippen LogP contribution in [0.15, 0.2) is 12.4 Å². The summed E-state index contributed by atoms with van der Waals surface area (Å²) in [7, 11) is 0. The number of piperidine rings is 1. The Bertz CT molecular complexity index is 400. The van der Waals surface area contributed by atoms with E-state index in [-0.39, 0.29) is 5.92 Å². The van der Waals surface area contributed by atoms with Crippen molar-refractivity contribution in [3.05, 3.63) is 23.2 Å². The number of rotatable bonds is 3. The highest BCUT2D eigenvalue weighted by Gasteiger charge is 2.33. The summed E-state index contributed by atoms with van der Waals surface area (Å²) in [4.78, 5) is 10.2. The van der Waals surface area contributed by atoms with Gasteiger partial charge >= 0.3 is 6.18 Å². The van der Waals surface area contributed by atoms with Gasteiger partial charge in [0.15, 0.2) is 0 Å². The molecule has 1 aromatic heterocycles. The van der Waals surface area contributed by atoms with Crippen molar-refractivity contribution in [2.24, 2.45) is 5.92 Å². The Balaban J connectivity index is 1.79. The van der Waals surface area contributed by atoms with Crippen LogP contribution in [0.25, 0.3) is 0 Å². The summed E-state index contributed by atoms with van der Waals surface area (Å²) in [5.41, 5.74) is 0.790. The maximum absolute atomic E-state index is 12.3. The topological polar surface area (TPSA) is 29.0 Å². The summed E-state index contributed by atoms with van der Waals surface area (Å²) in [5.74, 6) is -0.243. The number of halogens is 4. The van der Waals surface area contributed by atoms with Crippen LogP contribution in [0.4, 0.5) is 13.2 Å². The highest BCUT2D eigenvalue weighted by Crippen LogP contribution is 2.31. The van der Waals surface area contributed by atoms with Crippen molar-refractivity contribution in [3.63, 3.8) is 0 Å². The van der Waals surface area contributed by atoms with Crippen molar-refractivity contribution in [2.75, 3.05) is 13.1 Å². The Hall–Kier alpha value is -0.880. The Kier molecular flexibility index (Phi) is 4.62. The minimum absolute atomic E-state index is 0.243. The number of nitrogens with zero attached hydrogens (tertiary/aromatic N) is 3. The van der Waals surface area contributed by atoms with Gasteiger partial charge < -0.3 is 0 Å². The van der Waals surface area contributed by atoms with Gasteiger partial charge in [-0.1, -0.05) is 11.6 Å². The van der Waals surface area contributed by atoms with Crippen molar-refractivity contribution in [1.29, 1.82) is 0 Å². The molecule has 1 saturated heterocycles. The quantitative estimate of drug-likeness (QED) is 0.856. The first kappa shape index (κ1) is 14.5. The maximum Gasteiger partial charge on any atom is 0.389 e. The molecule has 0 saturated carbocycles. The van der Waals surface area contributed by atoms with Crippen LogP contribution in [0.1, 0.15) is 25.0 Å². The van der Waals surface area contributed by atoms with E-state index in [0.717, 1.165) is 5.69 Å². The zero-order chi connectivity index (χ0) is 13.9. The molecule has 2 rings (SSSR count). The van der Waals surface area contributed by atoms with Gasteiger partial charge in [0.2, 0.25) is 0 Å². The fraction of sp³-hybridized carbons (Fsp3) is 0.667. The van der Waals surface area contributed by atoms with Crippen molar-refractivity contribution < 1.29 is 13.2 Å². The lowest BCUT2D eigenvalue weighted by Crippen LogP contribution is -2.35. The summed E-state index contributed by atoms with van der Waals surface area (Å²) >= 11 is 5.64. The Labute approximate surface area is 114 Å². The molecule has 7 heteroatoms. The van der Waals surface area contributed by atoms with Crippen molar-refractivity contribution in [2.45, 2.75) is 32.0 Å². The maximum atomic E-state index is 12.3. The summed E-state index contributed by atoms with van der Waals surface area (Å²) < 4.78 is 36.8. The number of aromatic nitrogens is 2. The number of hydrogen-bond acceptors (Lipinski definition) is 3. The second-order valence-corrected chi connectivity index (χ2v) is 5.26. The Morgan fingerprint density at radius 1 is 1.21 bits per heavy atom. The van der Waals surface area contributed by atoms with E-state index < -0.39 is 12.6 Å². The Morgan fingerprint density at radius 3 is 2.42 bits per heavy atom. The van der Waals surface area contributed by atoms with Crippen molar-refractivity contribution >= 4 is 11.6 Å². The first-order chi connectivity index (χ1) is 8.92. The minimum Gasteiger partial charge on any atom is -0.297 e. The van der Waals surface area contributed by atoms with Crippen LogP contribution < -0.4 is 0 Å². The number of alkyl halides is 3. The van der Waals surface area contributed by atoms with E-state index in [1.807, 2.05) is 0 Å². The predicted molar refractivity (Wildman–Crippen MR) is 65.7 cm³/mol. The molecule has 1 aliphatic heterocycles. The molecule has 0 amide bonds. The minimum atomic E-state index is -4.05. The standard InChI is InChI=1S/C12H15ClF3N3/c13-11-7-17-10(6-18-11)8-19-3-1-9(2-4-19)5-12(14,15)16/h6-7,9H,1-5,8H2. The molecular weight excluding hydrogens is 279 g/mol. The Morgan fingerprint density at radius 2 is 1.89 bits per heavy atom. The molecule has 3 nitrogen and oxygen atoms in total. The van der Waals surface area contributed by atoms with E-state index in [4.69, 9.17) is 11.6 Å². The van der Waals surface area contributed by atoms with Gasteiger partial charge in [0.25, 0.3) is 0 Å². The SMILES string of the molecule is FC(F)(F)CC1CCN(Cc2cnc(Cl)cn2)CC1. The van der Waals surface area contributed by atoms with Gasteiger partial charge in [-0.3, -0.25) is 9.88 Å². The first-order valence-electron chi connectivity index (χ1n) is 6.18. The average molecular weight is 294 g/mol. The van der Waals surface area contributed by atoms with E-state index in [1.165, 1.54) is 6.20 Å². The highest BCUT2D eigenvalue weighted by atomic mass is 35.5. The normalized spacial score (nSPS) is 18.7. The molecule has 0 aliphatic carbocycles. The highest BCUT2D eigenvalue weighted by molar-refractivity contribution is 6.29. The lowest BCUT2D eigenvalue weighted by atomic mass is 9.93. The molecule has 0 spiro atoms. The van der Waals surface area contributed by atoms with Crippen LogP contribution >= 0.6 is 11.6 Å². The molecule has 106 valence electrons. The van der Waals surface area contributed by atoms with Crippen LogP contribution in [-0.2, 0) is 6.54 Å². The lowest BCUT2D eigenvalue weighted by molar-refractivity contribution is -0.147. The summed E-state index contributed by atoms with van der Waals surface area (Å²) in [6.07, 6.45) is -0.464. The molecule has 2 heterocycles. The van der Waals surface area contributed by atoms with Crippen molar-refractivity contribution in [1.82, 2.24) is 14.9 Å². The monoisotopic (exact) mass is 293 g/mol. The fourth-order valence-electron chi connectivity index (χ4n) is 2.33.